The summed E-state index contributed by atoms with van der Waals surface area (Å²) in [7, 11) is -3.53. The third-order valence-electron chi connectivity index (χ3n) is 8.06. The second-order valence-electron chi connectivity index (χ2n) is 11.2. The van der Waals surface area contributed by atoms with E-state index in [0.29, 0.717) is 32.8 Å². The quantitative estimate of drug-likeness (QED) is 0.273. The van der Waals surface area contributed by atoms with Crippen molar-refractivity contribution in [1.29, 1.82) is 0 Å². The highest BCUT2D eigenvalue weighted by molar-refractivity contribution is 7.89. The number of aromatic nitrogens is 1. The number of rotatable bonds is 8. The summed E-state index contributed by atoms with van der Waals surface area (Å²) in [5, 5.41) is 9.57. The lowest BCUT2D eigenvalue weighted by Crippen LogP contribution is -2.37. The highest BCUT2D eigenvalue weighted by Gasteiger charge is 2.27. The normalized spacial score (nSPS) is 14.5. The number of carboxylic acid groups (broad SMARTS) is 1. The van der Waals surface area contributed by atoms with E-state index in [1.807, 2.05) is 39.1 Å². The Balaban J connectivity index is 0.000000224. The lowest BCUT2D eigenvalue weighted by Gasteiger charge is -2.29. The Morgan fingerprint density at radius 1 is 0.935 bits per heavy atom. The fourth-order valence-corrected chi connectivity index (χ4v) is 7.65. The van der Waals surface area contributed by atoms with Crippen molar-refractivity contribution in [3.05, 3.63) is 99.3 Å². The number of likely N-dealkylation sites (tertiary alicyclic amines) is 1. The molecule has 0 unspecified atom stereocenters. The summed E-state index contributed by atoms with van der Waals surface area (Å²) in [6.45, 7) is 8.40. The first kappa shape index (κ1) is 35.1. The molecule has 9 nitrogen and oxygen atoms in total. The molecule has 1 fully saturated rings. The molecule has 0 atom stereocenters. The molecular formula is C35H42ClN3O6S. The molecule has 1 aliphatic heterocycles. The summed E-state index contributed by atoms with van der Waals surface area (Å²) in [5.41, 5.74) is 7.54. The number of nitrogens with zero attached hydrogens (tertiary/aromatic N) is 3. The van der Waals surface area contributed by atoms with Gasteiger partial charge in [0.25, 0.3) is 0 Å². The number of aryl methyl sites for hydroxylation is 2. The number of benzene rings is 2. The van der Waals surface area contributed by atoms with Gasteiger partial charge >= 0.3 is 12.1 Å². The number of piperidine rings is 1. The van der Waals surface area contributed by atoms with E-state index in [0.717, 1.165) is 49.2 Å². The van der Waals surface area contributed by atoms with Crippen LogP contribution in [0.25, 0.3) is 5.57 Å². The summed E-state index contributed by atoms with van der Waals surface area (Å²) in [4.78, 5) is 29.5. The smallest absolute Gasteiger partial charge is 0.409 e. The number of fused-ring (bicyclic) bond motifs is 2. The van der Waals surface area contributed by atoms with Gasteiger partial charge < -0.3 is 14.7 Å². The molecule has 2 aliphatic rings. The summed E-state index contributed by atoms with van der Waals surface area (Å²) < 4.78 is 31.3. The van der Waals surface area contributed by atoms with E-state index in [4.69, 9.17) is 26.4 Å². The van der Waals surface area contributed by atoms with E-state index in [-0.39, 0.29) is 16.6 Å². The van der Waals surface area contributed by atoms with Crippen molar-refractivity contribution in [2.45, 2.75) is 64.2 Å². The molecule has 2 heterocycles. The van der Waals surface area contributed by atoms with Gasteiger partial charge in [0, 0.05) is 43.0 Å². The van der Waals surface area contributed by atoms with E-state index in [2.05, 4.69) is 18.2 Å². The molecule has 5 rings (SSSR count). The van der Waals surface area contributed by atoms with Crippen LogP contribution in [0, 0.1) is 0 Å². The van der Waals surface area contributed by atoms with Gasteiger partial charge in [0.05, 0.1) is 22.8 Å². The van der Waals surface area contributed by atoms with E-state index < -0.39 is 16.0 Å². The topological polar surface area (TPSA) is 117 Å². The first-order valence-corrected chi connectivity index (χ1v) is 17.6. The minimum atomic E-state index is -3.53. The Bertz CT molecular complexity index is 1660. The number of hydrogen-bond acceptors (Lipinski definition) is 6. The fraction of sp³-hybridized carbons (Fsp3) is 0.400. The van der Waals surface area contributed by atoms with Crippen molar-refractivity contribution in [3.63, 3.8) is 0 Å². The molecular weight excluding hydrogens is 626 g/mol. The molecule has 1 amide bonds. The van der Waals surface area contributed by atoms with Crippen LogP contribution in [0.2, 0.25) is 5.02 Å². The van der Waals surface area contributed by atoms with Gasteiger partial charge in [0.15, 0.2) is 0 Å². The van der Waals surface area contributed by atoms with Crippen molar-refractivity contribution in [2.24, 2.45) is 0 Å². The maximum Gasteiger partial charge on any atom is 0.409 e. The second-order valence-corrected chi connectivity index (χ2v) is 13.6. The number of ether oxygens (including phenoxy) is 1. The maximum absolute atomic E-state index is 12.4. The zero-order valence-electron chi connectivity index (χ0n) is 26.7. The summed E-state index contributed by atoms with van der Waals surface area (Å²) in [5.74, 6) is -1.07. The number of carboxylic acids is 1. The van der Waals surface area contributed by atoms with E-state index in [1.165, 1.54) is 56.4 Å². The SMILES string of the molecule is CCCN(CCC)S(=O)(=O)c1ccc(C(=O)O)cc1.CCOC(=O)N1CCC(=C2c3ccc(Cl)cc3CCc3cccnc32)CC1. The molecule has 0 spiro atoms. The van der Waals surface area contributed by atoms with Crippen LogP contribution in [0.15, 0.2) is 71.3 Å². The van der Waals surface area contributed by atoms with Gasteiger partial charge in [0.1, 0.15) is 0 Å². The van der Waals surface area contributed by atoms with Crippen molar-refractivity contribution < 1.29 is 27.9 Å². The van der Waals surface area contributed by atoms with Gasteiger partial charge in [-0.2, -0.15) is 4.31 Å². The van der Waals surface area contributed by atoms with E-state index in [9.17, 15) is 18.0 Å². The van der Waals surface area contributed by atoms with Gasteiger partial charge in [0.2, 0.25) is 10.0 Å². The first-order valence-electron chi connectivity index (χ1n) is 15.8. The maximum atomic E-state index is 12.4. The van der Waals surface area contributed by atoms with Gasteiger partial charge in [-0.15, -0.1) is 0 Å². The first-order chi connectivity index (χ1) is 22.1. The van der Waals surface area contributed by atoms with Crippen molar-refractivity contribution in [2.75, 3.05) is 32.8 Å². The zero-order chi connectivity index (χ0) is 33.3. The third-order valence-corrected chi connectivity index (χ3v) is 10.2. The molecule has 0 bridgehead atoms. The van der Waals surface area contributed by atoms with Crippen LogP contribution >= 0.6 is 11.6 Å². The van der Waals surface area contributed by atoms with Gasteiger partial charge in [-0.1, -0.05) is 43.2 Å². The predicted molar refractivity (Wildman–Crippen MR) is 180 cm³/mol. The summed E-state index contributed by atoms with van der Waals surface area (Å²) >= 11 is 6.27. The Hall–Kier alpha value is -3.73. The number of halogens is 1. The Kier molecular flexibility index (Phi) is 12.4. The number of amides is 1. The Labute approximate surface area is 276 Å². The average molecular weight is 668 g/mol. The molecule has 1 N–H and O–H groups in total. The average Bonchev–Trinajstić information content (AvgIpc) is 3.22. The zero-order valence-corrected chi connectivity index (χ0v) is 28.2. The van der Waals surface area contributed by atoms with Gasteiger partial charge in [-0.25, -0.2) is 18.0 Å². The standard InChI is InChI=1S/C22H23ClN2O2.C13H19NO4S/c1-2-27-22(26)25-12-9-15(10-13-25)20-19-8-7-18(23)14-17(19)6-5-16-4-3-11-24-21(16)20;1-3-9-14(10-4-2)19(17,18)12-7-5-11(6-8-12)13(15)16/h3-4,7-8,11,14H,2,5-6,9-10,12-13H2,1H3;5-8H,3-4,9-10H2,1-2H3,(H,15,16). The van der Waals surface area contributed by atoms with Crippen molar-refractivity contribution >= 4 is 39.3 Å². The van der Waals surface area contributed by atoms with Crippen molar-refractivity contribution in [3.8, 4) is 0 Å². The summed E-state index contributed by atoms with van der Waals surface area (Å²) in [6.07, 6.45) is 6.74. The minimum Gasteiger partial charge on any atom is -0.478 e. The van der Waals surface area contributed by atoms with Gasteiger partial charge in [-0.05, 0) is 105 Å². The minimum absolute atomic E-state index is 0.0801. The fourth-order valence-electron chi connectivity index (χ4n) is 5.83. The van der Waals surface area contributed by atoms with Crippen LogP contribution in [-0.4, -0.2) is 72.6 Å². The highest BCUT2D eigenvalue weighted by Crippen LogP contribution is 2.38. The van der Waals surface area contributed by atoms with Gasteiger partial charge in [-0.3, -0.25) is 4.98 Å². The molecule has 1 aliphatic carbocycles. The molecule has 11 heteroatoms. The Morgan fingerprint density at radius 3 is 2.20 bits per heavy atom. The number of carbonyl (C=O) groups is 2. The lowest BCUT2D eigenvalue weighted by molar-refractivity contribution is 0.0696. The number of aromatic carboxylic acids is 1. The summed E-state index contributed by atoms with van der Waals surface area (Å²) in [6, 6.07) is 15.7. The molecule has 46 heavy (non-hydrogen) atoms. The van der Waals surface area contributed by atoms with Crippen LogP contribution in [0.1, 0.15) is 79.2 Å². The Morgan fingerprint density at radius 2 is 1.59 bits per heavy atom. The number of pyridine rings is 1. The van der Waals surface area contributed by atoms with E-state index in [1.54, 1.807) is 4.90 Å². The monoisotopic (exact) mass is 667 g/mol. The second kappa shape index (κ2) is 16.2. The van der Waals surface area contributed by atoms with Crippen molar-refractivity contribution in [1.82, 2.24) is 14.2 Å². The predicted octanol–water partition coefficient (Wildman–Crippen LogP) is 7.08. The van der Waals surface area contributed by atoms with Crippen LogP contribution in [0.5, 0.6) is 0 Å². The highest BCUT2D eigenvalue weighted by atomic mass is 35.5. The number of hydrogen-bond donors (Lipinski definition) is 1. The molecule has 246 valence electrons. The van der Waals surface area contributed by atoms with Crippen LogP contribution in [-0.2, 0) is 27.6 Å². The third kappa shape index (κ3) is 8.34. The van der Waals surface area contributed by atoms with Crippen LogP contribution < -0.4 is 0 Å². The molecule has 1 saturated heterocycles. The molecule has 1 aromatic heterocycles. The molecule has 0 radical (unpaired) electrons. The molecule has 0 saturated carbocycles. The van der Waals surface area contributed by atoms with E-state index >= 15 is 0 Å². The number of carbonyl (C=O) groups excluding carboxylic acids is 1. The molecule has 3 aromatic rings. The van der Waals surface area contributed by atoms with Crippen LogP contribution in [0.4, 0.5) is 4.79 Å². The largest absolute Gasteiger partial charge is 0.478 e. The lowest BCUT2D eigenvalue weighted by atomic mass is 9.88. The van der Waals surface area contributed by atoms with Crippen LogP contribution in [0.3, 0.4) is 0 Å². The number of sulfonamides is 1. The molecule has 2 aromatic carbocycles.